The Kier molecular flexibility index (Phi) is 6.27. The van der Waals surface area contributed by atoms with Crippen molar-refractivity contribution in [3.05, 3.63) is 17.5 Å². The maximum atomic E-state index is 12.3. The summed E-state index contributed by atoms with van der Waals surface area (Å²) in [7, 11) is 0. The maximum absolute atomic E-state index is 12.3. The summed E-state index contributed by atoms with van der Waals surface area (Å²) >= 11 is 0. The van der Waals surface area contributed by atoms with Crippen molar-refractivity contribution in [3.8, 4) is 6.01 Å². The molecular formula is C20H31N3O2. The molecule has 0 aromatic carbocycles. The Bertz CT molecular complexity index is 556. The number of nitrogens with one attached hydrogen (secondary N) is 1. The van der Waals surface area contributed by atoms with E-state index >= 15 is 0 Å². The van der Waals surface area contributed by atoms with Gasteiger partial charge in [0, 0.05) is 23.9 Å². The minimum absolute atomic E-state index is 0.160. The van der Waals surface area contributed by atoms with Gasteiger partial charge in [0.05, 0.1) is 0 Å². The van der Waals surface area contributed by atoms with Gasteiger partial charge in [0.25, 0.3) is 0 Å². The number of carbonyl (C=O) groups excluding carboxylic acids is 1. The number of aryl methyl sites for hydroxylation is 2. The number of rotatable bonds is 5. The van der Waals surface area contributed by atoms with Gasteiger partial charge in [-0.2, -0.15) is 0 Å². The third kappa shape index (κ3) is 5.68. The molecule has 0 spiro atoms. The molecule has 5 nitrogen and oxygen atoms in total. The van der Waals surface area contributed by atoms with Crippen molar-refractivity contribution in [1.29, 1.82) is 0 Å². The second-order valence-corrected chi connectivity index (χ2v) is 7.80. The molecule has 2 saturated carbocycles. The van der Waals surface area contributed by atoms with Gasteiger partial charge in [0.15, 0.2) is 0 Å². The largest absolute Gasteiger partial charge is 0.460 e. The van der Waals surface area contributed by atoms with Crippen molar-refractivity contribution in [2.45, 2.75) is 90.2 Å². The smallest absolute Gasteiger partial charge is 0.317 e. The molecule has 1 amide bonds. The van der Waals surface area contributed by atoms with Gasteiger partial charge in [-0.3, -0.25) is 4.79 Å². The van der Waals surface area contributed by atoms with Crippen molar-refractivity contribution >= 4 is 5.91 Å². The van der Waals surface area contributed by atoms with Crippen LogP contribution in [0, 0.1) is 19.8 Å². The Balaban J connectivity index is 1.40. The van der Waals surface area contributed by atoms with E-state index in [1.807, 2.05) is 19.9 Å². The van der Waals surface area contributed by atoms with Crippen LogP contribution in [0.5, 0.6) is 6.01 Å². The highest BCUT2D eigenvalue weighted by molar-refractivity contribution is 5.76. The zero-order valence-corrected chi connectivity index (χ0v) is 15.6. The second kappa shape index (κ2) is 8.63. The fraction of sp³-hybridized carbons (Fsp3) is 0.750. The molecule has 0 bridgehead atoms. The van der Waals surface area contributed by atoms with Gasteiger partial charge in [-0.15, -0.1) is 0 Å². The molecule has 2 fully saturated rings. The van der Waals surface area contributed by atoms with Crippen LogP contribution < -0.4 is 10.1 Å². The highest BCUT2D eigenvalue weighted by Gasteiger charge is 2.25. The maximum Gasteiger partial charge on any atom is 0.317 e. The zero-order valence-electron chi connectivity index (χ0n) is 15.6. The van der Waals surface area contributed by atoms with Crippen molar-refractivity contribution < 1.29 is 9.53 Å². The molecule has 1 aromatic heterocycles. The molecule has 5 heteroatoms. The van der Waals surface area contributed by atoms with Gasteiger partial charge in [0.1, 0.15) is 6.10 Å². The minimum atomic E-state index is 0.160. The lowest BCUT2D eigenvalue weighted by Gasteiger charge is -2.29. The molecular weight excluding hydrogens is 314 g/mol. The van der Waals surface area contributed by atoms with Gasteiger partial charge in [0.2, 0.25) is 5.91 Å². The van der Waals surface area contributed by atoms with Crippen LogP contribution in [-0.2, 0) is 4.79 Å². The van der Waals surface area contributed by atoms with E-state index in [4.69, 9.17) is 4.74 Å². The molecule has 25 heavy (non-hydrogen) atoms. The Morgan fingerprint density at radius 3 is 2.32 bits per heavy atom. The number of carbonyl (C=O) groups is 1. The van der Waals surface area contributed by atoms with E-state index in [1.165, 1.54) is 32.1 Å². The summed E-state index contributed by atoms with van der Waals surface area (Å²) in [5.74, 6) is 0.851. The molecule has 3 rings (SSSR count). The molecule has 1 heterocycles. The second-order valence-electron chi connectivity index (χ2n) is 7.80. The number of aromatic nitrogens is 2. The molecule has 2 aliphatic carbocycles. The van der Waals surface area contributed by atoms with Gasteiger partial charge in [-0.05, 0) is 64.4 Å². The summed E-state index contributed by atoms with van der Waals surface area (Å²) in [5, 5.41) is 3.24. The quantitative estimate of drug-likeness (QED) is 0.880. The molecule has 138 valence electrons. The van der Waals surface area contributed by atoms with Crippen LogP contribution in [0.2, 0.25) is 0 Å². The normalized spacial score (nSPS) is 24.7. The summed E-state index contributed by atoms with van der Waals surface area (Å²) in [6, 6.07) is 2.74. The molecule has 0 radical (unpaired) electrons. The molecule has 1 aromatic rings. The van der Waals surface area contributed by atoms with E-state index in [0.717, 1.165) is 37.1 Å². The lowest BCUT2D eigenvalue weighted by molar-refractivity contribution is -0.123. The Labute approximate surface area is 151 Å². The first-order valence-electron chi connectivity index (χ1n) is 9.87. The Hall–Kier alpha value is -1.65. The summed E-state index contributed by atoms with van der Waals surface area (Å²) < 4.78 is 5.96. The topological polar surface area (TPSA) is 64.1 Å². The molecule has 2 aliphatic rings. The first kappa shape index (κ1) is 18.2. The van der Waals surface area contributed by atoms with Crippen molar-refractivity contribution in [2.75, 3.05) is 0 Å². The molecule has 0 atom stereocenters. The van der Waals surface area contributed by atoms with Crippen LogP contribution in [0.15, 0.2) is 6.07 Å². The average molecular weight is 345 g/mol. The van der Waals surface area contributed by atoms with Crippen molar-refractivity contribution in [2.24, 2.45) is 5.92 Å². The highest BCUT2D eigenvalue weighted by Crippen LogP contribution is 2.27. The van der Waals surface area contributed by atoms with Gasteiger partial charge in [-0.25, -0.2) is 9.97 Å². The molecule has 0 aliphatic heterocycles. The van der Waals surface area contributed by atoms with Gasteiger partial charge in [-0.1, -0.05) is 19.3 Å². The first-order chi connectivity index (χ1) is 12.1. The van der Waals surface area contributed by atoms with Crippen molar-refractivity contribution in [3.63, 3.8) is 0 Å². The predicted molar refractivity (Wildman–Crippen MR) is 97.5 cm³/mol. The van der Waals surface area contributed by atoms with E-state index < -0.39 is 0 Å². The zero-order chi connectivity index (χ0) is 17.6. The van der Waals surface area contributed by atoms with E-state index in [0.29, 0.717) is 24.4 Å². The fourth-order valence-electron chi connectivity index (χ4n) is 4.16. The first-order valence-corrected chi connectivity index (χ1v) is 9.87. The summed E-state index contributed by atoms with van der Waals surface area (Å²) in [6.07, 6.45) is 11.1. The Morgan fingerprint density at radius 1 is 1.04 bits per heavy atom. The standard InChI is InChI=1S/C20H31N3O2/c1-14-12-15(2)22-20(21-14)25-18-10-8-17(9-11-18)23-19(24)13-16-6-4-3-5-7-16/h12,16-18H,3-11,13H2,1-2H3,(H,23,24). The van der Waals surface area contributed by atoms with Crippen LogP contribution in [0.3, 0.4) is 0 Å². The lowest BCUT2D eigenvalue weighted by Crippen LogP contribution is -2.40. The number of hydrogen-bond donors (Lipinski definition) is 1. The monoisotopic (exact) mass is 345 g/mol. The van der Waals surface area contributed by atoms with Crippen molar-refractivity contribution in [1.82, 2.24) is 15.3 Å². The van der Waals surface area contributed by atoms with Gasteiger partial charge < -0.3 is 10.1 Å². The lowest BCUT2D eigenvalue weighted by atomic mass is 9.86. The van der Waals surface area contributed by atoms with Crippen LogP contribution in [-0.4, -0.2) is 28.0 Å². The van der Waals surface area contributed by atoms with Crippen LogP contribution in [0.4, 0.5) is 0 Å². The average Bonchev–Trinajstić information content (AvgIpc) is 2.56. The van der Waals surface area contributed by atoms with Gasteiger partial charge >= 0.3 is 6.01 Å². The van der Waals surface area contributed by atoms with E-state index in [9.17, 15) is 4.79 Å². The Morgan fingerprint density at radius 2 is 1.68 bits per heavy atom. The number of nitrogens with zero attached hydrogens (tertiary/aromatic N) is 2. The van der Waals surface area contributed by atoms with E-state index in [2.05, 4.69) is 15.3 Å². The number of hydrogen-bond acceptors (Lipinski definition) is 4. The fourth-order valence-corrected chi connectivity index (χ4v) is 4.16. The summed E-state index contributed by atoms with van der Waals surface area (Å²) in [4.78, 5) is 21.0. The highest BCUT2D eigenvalue weighted by atomic mass is 16.5. The third-order valence-electron chi connectivity index (χ3n) is 5.47. The molecule has 0 saturated heterocycles. The van der Waals surface area contributed by atoms with E-state index in [1.54, 1.807) is 0 Å². The van der Waals surface area contributed by atoms with Crippen LogP contribution >= 0.6 is 0 Å². The predicted octanol–water partition coefficient (Wildman–Crippen LogP) is 3.87. The number of ether oxygens (including phenoxy) is 1. The summed E-state index contributed by atoms with van der Waals surface area (Å²) in [6.45, 7) is 3.92. The number of amides is 1. The van der Waals surface area contributed by atoms with E-state index in [-0.39, 0.29) is 12.0 Å². The SMILES string of the molecule is Cc1cc(C)nc(OC2CCC(NC(=O)CC3CCCCC3)CC2)n1. The molecule has 1 N–H and O–H groups in total. The molecule has 0 unspecified atom stereocenters. The van der Waals surface area contributed by atoms with Crippen LogP contribution in [0.25, 0.3) is 0 Å². The third-order valence-corrected chi connectivity index (χ3v) is 5.47. The summed E-state index contributed by atoms with van der Waals surface area (Å²) in [5.41, 5.74) is 1.87. The minimum Gasteiger partial charge on any atom is -0.460 e. The van der Waals surface area contributed by atoms with Crippen LogP contribution in [0.1, 0.15) is 75.6 Å².